The summed E-state index contributed by atoms with van der Waals surface area (Å²) in [5, 5.41) is 11.0. The lowest BCUT2D eigenvalue weighted by molar-refractivity contribution is -0.0507. The summed E-state index contributed by atoms with van der Waals surface area (Å²) >= 11 is 6.11. The molecule has 1 aromatic heterocycles. The Morgan fingerprint density at radius 3 is 2.85 bits per heavy atom. The average Bonchev–Trinajstić information content (AvgIpc) is 3.12. The first-order valence-corrected chi connectivity index (χ1v) is 8.68. The molecule has 140 valence electrons. The van der Waals surface area contributed by atoms with Crippen LogP contribution in [0.3, 0.4) is 0 Å². The molecule has 2 aromatic carbocycles. The number of aliphatic hydroxyl groups is 1. The van der Waals surface area contributed by atoms with Crippen LogP contribution in [-0.4, -0.2) is 27.1 Å². The van der Waals surface area contributed by atoms with Gasteiger partial charge in [0.25, 0.3) is 0 Å². The van der Waals surface area contributed by atoms with E-state index < -0.39 is 18.8 Å². The number of Topliss-reactive ketones (excluding diaryl/α,β-unsaturated/α-hetero) is 1. The van der Waals surface area contributed by atoms with Gasteiger partial charge in [-0.25, -0.2) is 4.98 Å². The van der Waals surface area contributed by atoms with Crippen LogP contribution in [0.4, 0.5) is 8.78 Å². The lowest BCUT2D eigenvalue weighted by Crippen LogP contribution is -2.14. The first-order valence-electron chi connectivity index (χ1n) is 8.31. The smallest absolute Gasteiger partial charge is 0.387 e. The van der Waals surface area contributed by atoms with E-state index in [0.29, 0.717) is 27.4 Å². The third-order valence-corrected chi connectivity index (χ3v) is 4.96. The molecular weight excluding hydrogens is 378 g/mol. The maximum atomic E-state index is 12.9. The lowest BCUT2D eigenvalue weighted by atomic mass is 9.94. The number of aliphatic hydroxyl groups excluding tert-OH is 1. The molecule has 0 aliphatic carbocycles. The highest BCUT2D eigenvalue weighted by atomic mass is 35.5. The van der Waals surface area contributed by atoms with E-state index in [9.17, 15) is 18.7 Å². The Morgan fingerprint density at radius 1 is 1.37 bits per heavy atom. The number of ketones is 1. The number of rotatable bonds is 4. The zero-order valence-electron chi connectivity index (χ0n) is 14.2. The molecule has 0 amide bonds. The Morgan fingerprint density at radius 2 is 2.15 bits per heavy atom. The fourth-order valence-electron chi connectivity index (χ4n) is 3.71. The monoisotopic (exact) mass is 392 g/mol. The van der Waals surface area contributed by atoms with Crippen LogP contribution in [0.25, 0.3) is 11.0 Å². The molecule has 1 aliphatic heterocycles. The quantitative estimate of drug-likeness (QED) is 0.663. The topological polar surface area (TPSA) is 64.3 Å². The van der Waals surface area contributed by atoms with Crippen LogP contribution in [0.1, 0.15) is 47.2 Å². The Hall–Kier alpha value is -2.51. The summed E-state index contributed by atoms with van der Waals surface area (Å²) in [4.78, 5) is 16.6. The van der Waals surface area contributed by atoms with Crippen molar-refractivity contribution in [3.8, 4) is 5.75 Å². The van der Waals surface area contributed by atoms with Crippen LogP contribution < -0.4 is 4.74 Å². The summed E-state index contributed by atoms with van der Waals surface area (Å²) in [7, 11) is 0. The van der Waals surface area contributed by atoms with Gasteiger partial charge < -0.3 is 14.4 Å². The predicted molar refractivity (Wildman–Crippen MR) is 95.5 cm³/mol. The number of hydrogen-bond acceptors (Lipinski definition) is 4. The molecular formula is C19H15ClF2N2O3. The molecule has 0 spiro atoms. The van der Waals surface area contributed by atoms with E-state index in [2.05, 4.69) is 9.72 Å². The standard InChI is InChI=1S/C19H15ClF2N2O3/c1-9(25)11-3-2-4-16(27-19(21)22)17(11)14-8-15(26)18-23-12-6-5-10(20)7-13(12)24(14)18/h2-7,14-15,19,26H,8H2,1H3/t14-,15-/m1/s1. The minimum Gasteiger partial charge on any atom is -0.434 e. The van der Waals surface area contributed by atoms with Crippen LogP contribution in [0.15, 0.2) is 36.4 Å². The molecule has 0 bridgehead atoms. The van der Waals surface area contributed by atoms with E-state index in [0.717, 1.165) is 0 Å². The molecule has 0 fully saturated rings. The first-order chi connectivity index (χ1) is 12.9. The van der Waals surface area contributed by atoms with E-state index in [-0.39, 0.29) is 23.5 Å². The second kappa shape index (κ2) is 6.58. The van der Waals surface area contributed by atoms with Crippen molar-refractivity contribution < 1.29 is 23.4 Å². The number of aromatic nitrogens is 2. The van der Waals surface area contributed by atoms with Crippen LogP contribution in [0.2, 0.25) is 5.02 Å². The van der Waals surface area contributed by atoms with Gasteiger partial charge in [0.15, 0.2) is 5.78 Å². The fourth-order valence-corrected chi connectivity index (χ4v) is 3.88. The molecule has 27 heavy (non-hydrogen) atoms. The van der Waals surface area contributed by atoms with Crippen molar-refractivity contribution in [2.24, 2.45) is 0 Å². The Kier molecular flexibility index (Phi) is 4.36. The molecule has 1 N–H and O–H groups in total. The summed E-state index contributed by atoms with van der Waals surface area (Å²) < 4.78 is 32.3. The van der Waals surface area contributed by atoms with Crippen molar-refractivity contribution in [1.82, 2.24) is 9.55 Å². The second-order valence-corrected chi connectivity index (χ2v) is 6.83. The molecule has 3 aromatic rings. The van der Waals surface area contributed by atoms with Crippen molar-refractivity contribution in [3.63, 3.8) is 0 Å². The molecule has 0 radical (unpaired) electrons. The van der Waals surface area contributed by atoms with Crippen molar-refractivity contribution in [3.05, 3.63) is 58.4 Å². The van der Waals surface area contributed by atoms with Gasteiger partial charge in [-0.05, 0) is 31.2 Å². The molecule has 8 heteroatoms. The maximum absolute atomic E-state index is 12.9. The molecule has 2 atom stereocenters. The van der Waals surface area contributed by atoms with Crippen LogP contribution in [0.5, 0.6) is 5.75 Å². The summed E-state index contributed by atoms with van der Waals surface area (Å²) in [6.45, 7) is -1.68. The van der Waals surface area contributed by atoms with Gasteiger partial charge in [0, 0.05) is 22.6 Å². The summed E-state index contributed by atoms with van der Waals surface area (Å²) in [5.41, 5.74) is 1.85. The molecule has 0 saturated heterocycles. The number of hydrogen-bond donors (Lipinski definition) is 1. The molecule has 0 unspecified atom stereocenters. The Balaban J connectivity index is 1.97. The Bertz CT molecular complexity index is 1050. The number of ether oxygens (including phenoxy) is 1. The number of halogens is 3. The van der Waals surface area contributed by atoms with Gasteiger partial charge >= 0.3 is 6.61 Å². The normalized spacial score (nSPS) is 18.9. The van der Waals surface area contributed by atoms with Crippen molar-refractivity contribution in [1.29, 1.82) is 0 Å². The van der Waals surface area contributed by atoms with Crippen LogP contribution >= 0.6 is 11.6 Å². The molecule has 5 nitrogen and oxygen atoms in total. The van der Waals surface area contributed by atoms with Gasteiger partial charge in [0.2, 0.25) is 0 Å². The van der Waals surface area contributed by atoms with E-state index >= 15 is 0 Å². The van der Waals surface area contributed by atoms with Gasteiger partial charge in [-0.1, -0.05) is 23.7 Å². The minimum absolute atomic E-state index is 0.0911. The van der Waals surface area contributed by atoms with Crippen molar-refractivity contribution in [2.75, 3.05) is 0 Å². The SMILES string of the molecule is CC(=O)c1cccc(OC(F)F)c1[C@H]1C[C@@H](O)c2nc3ccc(Cl)cc3n21. The maximum Gasteiger partial charge on any atom is 0.387 e. The lowest BCUT2D eigenvalue weighted by Gasteiger charge is -2.21. The number of fused-ring (bicyclic) bond motifs is 3. The van der Waals surface area contributed by atoms with Gasteiger partial charge in [-0.3, -0.25) is 4.79 Å². The summed E-state index contributed by atoms with van der Waals surface area (Å²) in [6, 6.07) is 8.96. The van der Waals surface area contributed by atoms with Gasteiger partial charge in [0.05, 0.1) is 17.1 Å². The highest BCUT2D eigenvalue weighted by molar-refractivity contribution is 6.31. The summed E-state index contributed by atoms with van der Waals surface area (Å²) in [5.74, 6) is 0.0281. The van der Waals surface area contributed by atoms with Gasteiger partial charge in [-0.2, -0.15) is 8.78 Å². The zero-order chi connectivity index (χ0) is 19.3. The van der Waals surface area contributed by atoms with Gasteiger partial charge in [-0.15, -0.1) is 0 Å². The molecule has 4 rings (SSSR count). The Labute approximate surface area is 158 Å². The highest BCUT2D eigenvalue weighted by Crippen LogP contribution is 2.45. The molecule has 0 saturated carbocycles. The van der Waals surface area contributed by atoms with E-state index in [1.807, 2.05) is 0 Å². The number of nitrogens with zero attached hydrogens (tertiary/aromatic N) is 2. The van der Waals surface area contributed by atoms with Gasteiger partial charge in [0.1, 0.15) is 17.7 Å². The number of carbonyl (C=O) groups is 1. The summed E-state index contributed by atoms with van der Waals surface area (Å²) in [6.07, 6.45) is -0.713. The number of alkyl halides is 2. The second-order valence-electron chi connectivity index (χ2n) is 6.39. The zero-order valence-corrected chi connectivity index (χ0v) is 15.0. The third kappa shape index (κ3) is 2.96. The van der Waals surface area contributed by atoms with Crippen molar-refractivity contribution in [2.45, 2.75) is 32.1 Å². The fraction of sp³-hybridized carbons (Fsp3) is 0.263. The third-order valence-electron chi connectivity index (χ3n) is 4.73. The number of carbonyl (C=O) groups excluding carboxylic acids is 1. The minimum atomic E-state index is -3.04. The van der Waals surface area contributed by atoms with E-state index in [4.69, 9.17) is 11.6 Å². The van der Waals surface area contributed by atoms with E-state index in [1.165, 1.54) is 19.1 Å². The van der Waals surface area contributed by atoms with E-state index in [1.54, 1.807) is 28.8 Å². The van der Waals surface area contributed by atoms with Crippen LogP contribution in [0, 0.1) is 0 Å². The average molecular weight is 393 g/mol. The number of imidazole rings is 1. The molecule has 1 aliphatic rings. The number of benzene rings is 2. The first kappa shape index (κ1) is 17.9. The highest BCUT2D eigenvalue weighted by Gasteiger charge is 2.37. The van der Waals surface area contributed by atoms with Crippen LogP contribution in [-0.2, 0) is 0 Å². The van der Waals surface area contributed by atoms with Crippen molar-refractivity contribution >= 4 is 28.4 Å². The largest absolute Gasteiger partial charge is 0.434 e. The predicted octanol–water partition coefficient (Wildman–Crippen LogP) is 4.52. The molecule has 2 heterocycles.